The summed E-state index contributed by atoms with van der Waals surface area (Å²) in [4.78, 5) is 11.2. The highest BCUT2D eigenvalue weighted by Crippen LogP contribution is 2.07. The Bertz CT molecular complexity index is 508. The average Bonchev–Trinajstić information content (AvgIpc) is 2.27. The topological polar surface area (TPSA) is 72.5 Å². The van der Waals surface area contributed by atoms with Crippen LogP contribution < -0.4 is 4.72 Å². The molecule has 0 radical (unpaired) electrons. The van der Waals surface area contributed by atoms with Crippen LogP contribution >= 0.6 is 0 Å². The number of carbonyl (C=O) groups is 1. The molecule has 0 saturated heterocycles. The molecule has 1 rings (SSSR count). The van der Waals surface area contributed by atoms with Gasteiger partial charge in [0.15, 0.2) is 0 Å². The molecule has 0 unspecified atom stereocenters. The van der Waals surface area contributed by atoms with Crippen LogP contribution in [0.25, 0.3) is 0 Å². The molecule has 0 aromatic heterocycles. The van der Waals surface area contributed by atoms with Gasteiger partial charge in [-0.3, -0.25) is 0 Å². The highest BCUT2D eigenvalue weighted by Gasteiger charge is 2.17. The standard InChI is InChI=1S/C11H13NO4S/c1-9(2)8-16-11(13)12-17(14,15)10-6-4-3-5-7-10/h3-7H,1,8H2,2H3,(H,12,13). The number of sulfonamides is 1. The van der Waals surface area contributed by atoms with Crippen LogP contribution in [0.4, 0.5) is 4.79 Å². The molecule has 0 aliphatic heterocycles. The first-order valence-corrected chi connectivity index (χ1v) is 6.29. The van der Waals surface area contributed by atoms with Crippen molar-refractivity contribution >= 4 is 16.1 Å². The lowest BCUT2D eigenvalue weighted by Crippen LogP contribution is -2.31. The third kappa shape index (κ3) is 4.28. The lowest BCUT2D eigenvalue weighted by molar-refractivity contribution is 0.162. The zero-order valence-corrected chi connectivity index (χ0v) is 10.2. The first-order chi connectivity index (χ1) is 7.92. The summed E-state index contributed by atoms with van der Waals surface area (Å²) in [7, 11) is -3.86. The predicted molar refractivity (Wildman–Crippen MR) is 62.9 cm³/mol. The van der Waals surface area contributed by atoms with Gasteiger partial charge < -0.3 is 4.74 Å². The highest BCUT2D eigenvalue weighted by molar-refractivity contribution is 7.90. The van der Waals surface area contributed by atoms with Gasteiger partial charge in [-0.25, -0.2) is 17.9 Å². The Morgan fingerprint density at radius 1 is 1.35 bits per heavy atom. The fourth-order valence-electron chi connectivity index (χ4n) is 0.986. The molecule has 1 amide bonds. The number of ether oxygens (including phenoxy) is 1. The summed E-state index contributed by atoms with van der Waals surface area (Å²) in [5, 5.41) is 0. The molecule has 5 nitrogen and oxygen atoms in total. The highest BCUT2D eigenvalue weighted by atomic mass is 32.2. The van der Waals surface area contributed by atoms with Crippen LogP contribution in [-0.2, 0) is 14.8 Å². The number of benzene rings is 1. The van der Waals surface area contributed by atoms with Crippen LogP contribution in [0.1, 0.15) is 6.92 Å². The molecule has 1 aromatic rings. The number of rotatable bonds is 4. The molecule has 1 N–H and O–H groups in total. The van der Waals surface area contributed by atoms with Crippen LogP contribution in [0.3, 0.4) is 0 Å². The first kappa shape index (κ1) is 13.2. The second-order valence-corrected chi connectivity index (χ2v) is 5.13. The lowest BCUT2D eigenvalue weighted by atomic mass is 10.4. The molecule has 92 valence electrons. The van der Waals surface area contributed by atoms with Gasteiger partial charge in [0.2, 0.25) is 0 Å². The van der Waals surface area contributed by atoms with Crippen molar-refractivity contribution < 1.29 is 17.9 Å². The van der Waals surface area contributed by atoms with Crippen molar-refractivity contribution in [1.82, 2.24) is 4.72 Å². The van der Waals surface area contributed by atoms with Crippen LogP contribution in [-0.4, -0.2) is 21.1 Å². The summed E-state index contributed by atoms with van der Waals surface area (Å²) in [5.41, 5.74) is 0.622. The van der Waals surface area contributed by atoms with Crippen LogP contribution in [0.5, 0.6) is 0 Å². The molecular weight excluding hydrogens is 242 g/mol. The summed E-state index contributed by atoms with van der Waals surface area (Å²) in [5.74, 6) is 0. The third-order valence-corrected chi connectivity index (χ3v) is 3.05. The minimum absolute atomic E-state index is 0.00674. The van der Waals surface area contributed by atoms with Crippen LogP contribution in [0.15, 0.2) is 47.4 Å². The normalized spacial score (nSPS) is 10.6. The van der Waals surface area contributed by atoms with Crippen molar-refractivity contribution in [2.75, 3.05) is 6.61 Å². The number of amides is 1. The zero-order chi connectivity index (χ0) is 12.9. The Morgan fingerprint density at radius 2 is 1.94 bits per heavy atom. The van der Waals surface area contributed by atoms with E-state index in [-0.39, 0.29) is 11.5 Å². The Balaban J connectivity index is 2.68. The lowest BCUT2D eigenvalue weighted by Gasteiger charge is -2.07. The minimum Gasteiger partial charge on any atom is -0.444 e. The molecule has 0 aliphatic carbocycles. The average molecular weight is 255 g/mol. The number of carbonyl (C=O) groups excluding carboxylic acids is 1. The smallest absolute Gasteiger partial charge is 0.421 e. The largest absolute Gasteiger partial charge is 0.444 e. The molecule has 0 saturated carbocycles. The molecule has 0 spiro atoms. The van der Waals surface area contributed by atoms with Gasteiger partial charge in [0.05, 0.1) is 4.90 Å². The van der Waals surface area contributed by atoms with Crippen molar-refractivity contribution in [2.24, 2.45) is 0 Å². The van der Waals surface area contributed by atoms with E-state index in [1.165, 1.54) is 12.1 Å². The van der Waals surface area contributed by atoms with Crippen LogP contribution in [0.2, 0.25) is 0 Å². The van der Waals surface area contributed by atoms with E-state index < -0.39 is 16.1 Å². The Hall–Kier alpha value is -1.82. The van der Waals surface area contributed by atoms with Gasteiger partial charge in [-0.2, -0.15) is 0 Å². The monoisotopic (exact) mass is 255 g/mol. The summed E-state index contributed by atoms with van der Waals surface area (Å²) in [6, 6.07) is 7.57. The summed E-state index contributed by atoms with van der Waals surface area (Å²) >= 11 is 0. The van der Waals surface area contributed by atoms with E-state index in [9.17, 15) is 13.2 Å². The maximum absolute atomic E-state index is 11.7. The van der Waals surface area contributed by atoms with E-state index >= 15 is 0 Å². The van der Waals surface area contributed by atoms with E-state index in [2.05, 4.69) is 11.3 Å². The van der Waals surface area contributed by atoms with E-state index in [1.807, 2.05) is 0 Å². The van der Waals surface area contributed by atoms with Crippen molar-refractivity contribution in [3.63, 3.8) is 0 Å². The van der Waals surface area contributed by atoms with E-state index in [1.54, 1.807) is 29.8 Å². The quantitative estimate of drug-likeness (QED) is 0.831. The van der Waals surface area contributed by atoms with E-state index in [0.29, 0.717) is 5.57 Å². The van der Waals surface area contributed by atoms with Gasteiger partial charge in [-0.05, 0) is 24.6 Å². The Labute approximate surface area is 100 Å². The summed E-state index contributed by atoms with van der Waals surface area (Å²) < 4.78 is 29.7. The SMILES string of the molecule is C=C(C)COC(=O)NS(=O)(=O)c1ccccc1. The molecule has 1 aromatic carbocycles. The molecule has 17 heavy (non-hydrogen) atoms. The maximum Gasteiger partial charge on any atom is 0.421 e. The van der Waals surface area contributed by atoms with Gasteiger partial charge >= 0.3 is 6.09 Å². The Morgan fingerprint density at radius 3 is 2.47 bits per heavy atom. The van der Waals surface area contributed by atoms with E-state index in [4.69, 9.17) is 0 Å². The van der Waals surface area contributed by atoms with Crippen LogP contribution in [0, 0.1) is 0 Å². The predicted octanol–water partition coefficient (Wildman–Crippen LogP) is 1.68. The van der Waals surface area contributed by atoms with Gasteiger partial charge in [0.25, 0.3) is 10.0 Å². The molecule has 0 fully saturated rings. The van der Waals surface area contributed by atoms with Crippen molar-refractivity contribution in [3.05, 3.63) is 42.5 Å². The zero-order valence-electron chi connectivity index (χ0n) is 9.34. The molecule has 0 atom stereocenters. The molecule has 0 bridgehead atoms. The van der Waals surface area contributed by atoms with Gasteiger partial charge in [-0.1, -0.05) is 24.8 Å². The van der Waals surface area contributed by atoms with Crippen molar-refractivity contribution in [3.8, 4) is 0 Å². The number of hydrogen-bond acceptors (Lipinski definition) is 4. The van der Waals surface area contributed by atoms with Crippen molar-refractivity contribution in [2.45, 2.75) is 11.8 Å². The number of hydrogen-bond donors (Lipinski definition) is 1. The fraction of sp³-hybridized carbons (Fsp3) is 0.182. The molecule has 6 heteroatoms. The summed E-state index contributed by atoms with van der Waals surface area (Å²) in [6.07, 6.45) is -1.02. The van der Waals surface area contributed by atoms with Gasteiger partial charge in [-0.15, -0.1) is 0 Å². The second-order valence-electron chi connectivity index (χ2n) is 3.45. The molecule has 0 heterocycles. The third-order valence-electron chi connectivity index (χ3n) is 1.72. The maximum atomic E-state index is 11.7. The number of nitrogens with one attached hydrogen (secondary N) is 1. The Kier molecular flexibility index (Phi) is 4.28. The molecule has 0 aliphatic rings. The van der Waals surface area contributed by atoms with Gasteiger partial charge in [0, 0.05) is 0 Å². The fourth-order valence-corrected chi connectivity index (χ4v) is 1.90. The second kappa shape index (κ2) is 5.49. The van der Waals surface area contributed by atoms with Gasteiger partial charge in [0.1, 0.15) is 6.61 Å². The van der Waals surface area contributed by atoms with E-state index in [0.717, 1.165) is 0 Å². The first-order valence-electron chi connectivity index (χ1n) is 4.81. The van der Waals surface area contributed by atoms with Crippen molar-refractivity contribution in [1.29, 1.82) is 0 Å². The minimum atomic E-state index is -3.86. The summed E-state index contributed by atoms with van der Waals surface area (Å²) in [6.45, 7) is 5.18. The molecular formula is C11H13NO4S.